The van der Waals surface area contributed by atoms with Gasteiger partial charge < -0.3 is 4.57 Å². The molecule has 2 aromatic heterocycles. The molecule has 0 aliphatic heterocycles. The van der Waals surface area contributed by atoms with Gasteiger partial charge in [-0.25, -0.2) is 15.0 Å². The normalized spacial score (nSPS) is 11.5. The molecular formula is C47H30N4. The highest BCUT2D eigenvalue weighted by molar-refractivity contribution is 6.28. The molecule has 10 aromatic rings. The van der Waals surface area contributed by atoms with Gasteiger partial charge in [0.05, 0.1) is 16.7 Å². The number of rotatable bonds is 5. The smallest absolute Gasteiger partial charge is 0.166 e. The molecule has 4 heteroatoms. The molecule has 4 nitrogen and oxygen atoms in total. The lowest BCUT2D eigenvalue weighted by molar-refractivity contribution is 1.06. The Morgan fingerprint density at radius 2 is 0.784 bits per heavy atom. The average Bonchev–Trinajstić information content (AvgIpc) is 3.57. The monoisotopic (exact) mass is 650 g/mol. The zero-order chi connectivity index (χ0) is 33.7. The van der Waals surface area contributed by atoms with Crippen molar-refractivity contribution in [1.82, 2.24) is 19.5 Å². The van der Waals surface area contributed by atoms with E-state index in [4.69, 9.17) is 15.0 Å². The third kappa shape index (κ3) is 4.88. The second-order valence-electron chi connectivity index (χ2n) is 12.8. The van der Waals surface area contributed by atoms with E-state index in [0.717, 1.165) is 44.5 Å². The predicted octanol–water partition coefficient (Wildman–Crippen LogP) is 11.9. The van der Waals surface area contributed by atoms with Gasteiger partial charge in [0.15, 0.2) is 17.5 Å². The van der Waals surface area contributed by atoms with Crippen molar-refractivity contribution in [2.75, 3.05) is 0 Å². The Morgan fingerprint density at radius 3 is 1.31 bits per heavy atom. The van der Waals surface area contributed by atoms with E-state index < -0.39 is 0 Å². The molecule has 8 aromatic carbocycles. The van der Waals surface area contributed by atoms with E-state index in [0.29, 0.717) is 17.5 Å². The van der Waals surface area contributed by atoms with Crippen LogP contribution in [0.5, 0.6) is 0 Å². The van der Waals surface area contributed by atoms with Gasteiger partial charge in [-0.15, -0.1) is 0 Å². The van der Waals surface area contributed by atoms with Crippen molar-refractivity contribution in [3.8, 4) is 51.0 Å². The van der Waals surface area contributed by atoms with Crippen LogP contribution in [0.1, 0.15) is 0 Å². The minimum Gasteiger partial charge on any atom is -0.308 e. The lowest BCUT2D eigenvalue weighted by Crippen LogP contribution is -2.04. The first-order valence-electron chi connectivity index (χ1n) is 17.2. The number of nitrogens with zero attached hydrogens (tertiary/aromatic N) is 4. The Balaban J connectivity index is 1.34. The van der Waals surface area contributed by atoms with Crippen LogP contribution in [0.4, 0.5) is 0 Å². The van der Waals surface area contributed by atoms with Crippen LogP contribution in [0, 0.1) is 0 Å². The highest BCUT2D eigenvalue weighted by Gasteiger charge is 2.22. The minimum absolute atomic E-state index is 0.619. The third-order valence-electron chi connectivity index (χ3n) is 9.83. The standard InChI is InChI=1S/C47H30N4/c1-4-14-31(15-5-1)36-24-27-39(47-49-45(34-18-6-2-7-19-34)48-46(50-47)35-20-8-3-9-21-35)42(30-36)51-40-28-25-32-16-10-12-22-37(32)43(40)44-38-23-13-11-17-33(38)26-29-41(44)51/h1-30H. The van der Waals surface area contributed by atoms with Crippen molar-refractivity contribution in [2.45, 2.75) is 0 Å². The zero-order valence-corrected chi connectivity index (χ0v) is 27.6. The van der Waals surface area contributed by atoms with Crippen molar-refractivity contribution in [3.63, 3.8) is 0 Å². The Kier molecular flexibility index (Phi) is 6.78. The van der Waals surface area contributed by atoms with Gasteiger partial charge in [-0.1, -0.05) is 158 Å². The Hall–Kier alpha value is -6.91. The van der Waals surface area contributed by atoms with E-state index in [1.807, 2.05) is 36.4 Å². The van der Waals surface area contributed by atoms with Crippen LogP contribution in [-0.2, 0) is 0 Å². The van der Waals surface area contributed by atoms with Gasteiger partial charge in [0, 0.05) is 27.5 Å². The fraction of sp³-hybridized carbons (Fsp3) is 0. The van der Waals surface area contributed by atoms with E-state index in [1.165, 1.54) is 32.3 Å². The van der Waals surface area contributed by atoms with Crippen molar-refractivity contribution in [2.24, 2.45) is 0 Å². The molecule has 0 bridgehead atoms. The summed E-state index contributed by atoms with van der Waals surface area (Å²) in [6, 6.07) is 63.9. The van der Waals surface area contributed by atoms with Crippen molar-refractivity contribution in [3.05, 3.63) is 182 Å². The maximum atomic E-state index is 5.20. The zero-order valence-electron chi connectivity index (χ0n) is 27.6. The Labute approximate surface area is 295 Å². The summed E-state index contributed by atoms with van der Waals surface area (Å²) in [6.45, 7) is 0. The summed E-state index contributed by atoms with van der Waals surface area (Å²) < 4.78 is 2.42. The number of hydrogen-bond donors (Lipinski definition) is 0. The molecule has 0 aliphatic rings. The molecule has 0 spiro atoms. The summed E-state index contributed by atoms with van der Waals surface area (Å²) in [5, 5.41) is 7.37. The SMILES string of the molecule is c1ccc(-c2ccc(-c3nc(-c4ccccc4)nc(-c4ccccc4)n3)c(-n3c4ccc5ccccc5c4c4c5ccccc5ccc43)c2)cc1. The molecule has 0 saturated carbocycles. The summed E-state index contributed by atoms with van der Waals surface area (Å²) in [6.07, 6.45) is 0. The van der Waals surface area contributed by atoms with E-state index in [-0.39, 0.29) is 0 Å². The van der Waals surface area contributed by atoms with E-state index in [9.17, 15) is 0 Å². The van der Waals surface area contributed by atoms with Gasteiger partial charge >= 0.3 is 0 Å². The van der Waals surface area contributed by atoms with E-state index >= 15 is 0 Å². The minimum atomic E-state index is 0.619. The van der Waals surface area contributed by atoms with E-state index in [1.54, 1.807) is 0 Å². The quantitative estimate of drug-likeness (QED) is 0.186. The molecule has 0 aliphatic carbocycles. The maximum Gasteiger partial charge on any atom is 0.166 e. The lowest BCUT2D eigenvalue weighted by Gasteiger charge is -2.16. The van der Waals surface area contributed by atoms with Crippen LogP contribution in [0.15, 0.2) is 182 Å². The molecule has 0 saturated heterocycles. The molecule has 0 unspecified atom stereocenters. The summed E-state index contributed by atoms with van der Waals surface area (Å²) in [7, 11) is 0. The molecule has 51 heavy (non-hydrogen) atoms. The molecule has 238 valence electrons. The van der Waals surface area contributed by atoms with Crippen LogP contribution in [-0.4, -0.2) is 19.5 Å². The molecule has 0 N–H and O–H groups in total. The molecule has 2 heterocycles. The molecule has 10 rings (SSSR count). The number of fused-ring (bicyclic) bond motifs is 7. The Morgan fingerprint density at radius 1 is 0.333 bits per heavy atom. The van der Waals surface area contributed by atoms with Crippen molar-refractivity contribution < 1.29 is 0 Å². The average molecular weight is 651 g/mol. The second-order valence-corrected chi connectivity index (χ2v) is 12.8. The maximum absolute atomic E-state index is 5.20. The first kappa shape index (κ1) is 29.0. The van der Waals surface area contributed by atoms with Gasteiger partial charge in [-0.2, -0.15) is 0 Å². The number of aromatic nitrogens is 4. The van der Waals surface area contributed by atoms with Gasteiger partial charge in [-0.3, -0.25) is 0 Å². The van der Waals surface area contributed by atoms with Gasteiger partial charge in [0.25, 0.3) is 0 Å². The molecule has 0 amide bonds. The number of hydrogen-bond acceptors (Lipinski definition) is 3. The topological polar surface area (TPSA) is 43.6 Å². The van der Waals surface area contributed by atoms with Crippen LogP contribution in [0.2, 0.25) is 0 Å². The molecule has 0 atom stereocenters. The fourth-order valence-electron chi connectivity index (χ4n) is 7.45. The van der Waals surface area contributed by atoms with Crippen LogP contribution < -0.4 is 0 Å². The fourth-order valence-corrected chi connectivity index (χ4v) is 7.45. The first-order chi connectivity index (χ1) is 25.3. The van der Waals surface area contributed by atoms with Gasteiger partial charge in [-0.05, 0) is 56.9 Å². The summed E-state index contributed by atoms with van der Waals surface area (Å²) >= 11 is 0. The van der Waals surface area contributed by atoms with Gasteiger partial charge in [0.1, 0.15) is 0 Å². The Bertz CT molecular complexity index is 2740. The van der Waals surface area contributed by atoms with E-state index in [2.05, 4.69) is 150 Å². The van der Waals surface area contributed by atoms with Crippen LogP contribution in [0.25, 0.3) is 94.3 Å². The predicted molar refractivity (Wildman–Crippen MR) is 211 cm³/mol. The summed E-state index contributed by atoms with van der Waals surface area (Å²) in [5.41, 5.74) is 8.34. The van der Waals surface area contributed by atoms with Gasteiger partial charge in [0.2, 0.25) is 0 Å². The van der Waals surface area contributed by atoms with Crippen LogP contribution >= 0.6 is 0 Å². The summed E-state index contributed by atoms with van der Waals surface area (Å²) in [5.74, 6) is 1.89. The summed E-state index contributed by atoms with van der Waals surface area (Å²) in [4.78, 5) is 15.4. The first-order valence-corrected chi connectivity index (χ1v) is 17.2. The molecular weight excluding hydrogens is 621 g/mol. The highest BCUT2D eigenvalue weighted by Crippen LogP contribution is 2.43. The molecule has 0 fully saturated rings. The largest absolute Gasteiger partial charge is 0.308 e. The molecule has 0 radical (unpaired) electrons. The number of benzene rings is 8. The van der Waals surface area contributed by atoms with Crippen molar-refractivity contribution in [1.29, 1.82) is 0 Å². The highest BCUT2D eigenvalue weighted by atomic mass is 15.1. The second kappa shape index (κ2) is 11.9. The third-order valence-corrected chi connectivity index (χ3v) is 9.83. The van der Waals surface area contributed by atoms with Crippen molar-refractivity contribution >= 4 is 43.4 Å². The van der Waals surface area contributed by atoms with Crippen LogP contribution in [0.3, 0.4) is 0 Å². The lowest BCUT2D eigenvalue weighted by atomic mass is 10.00.